The third kappa shape index (κ3) is 5.95. The van der Waals surface area contributed by atoms with E-state index in [9.17, 15) is 4.79 Å². The number of rotatable bonds is 10. The lowest BCUT2D eigenvalue weighted by atomic mass is 10.0. The van der Waals surface area contributed by atoms with Crippen LogP contribution >= 0.6 is 11.8 Å². The summed E-state index contributed by atoms with van der Waals surface area (Å²) >= 11 is 1.60. The van der Waals surface area contributed by atoms with Crippen molar-refractivity contribution in [3.63, 3.8) is 0 Å². The molecule has 0 bridgehead atoms. The van der Waals surface area contributed by atoms with Gasteiger partial charge < -0.3 is 9.64 Å². The summed E-state index contributed by atoms with van der Waals surface area (Å²) in [5.74, 6) is 2.27. The summed E-state index contributed by atoms with van der Waals surface area (Å²) < 4.78 is 5.47. The standard InChI is InChI=1S/C22H27NO2S/c1-4-14-26-17-22(24)23(16-19-10-6-5-7-11-19)18(2)15-20-12-8-9-13-21(20)25-3/h4-13,18H,1,14-17H2,2-3H3. The van der Waals surface area contributed by atoms with Gasteiger partial charge in [0.15, 0.2) is 0 Å². The lowest BCUT2D eigenvalue weighted by Gasteiger charge is -2.30. The molecule has 0 radical (unpaired) electrons. The monoisotopic (exact) mass is 369 g/mol. The topological polar surface area (TPSA) is 29.5 Å². The van der Waals surface area contributed by atoms with E-state index in [0.29, 0.717) is 12.3 Å². The molecule has 0 aliphatic heterocycles. The van der Waals surface area contributed by atoms with Gasteiger partial charge in [0.2, 0.25) is 5.91 Å². The SMILES string of the molecule is C=CCSCC(=O)N(Cc1ccccc1)C(C)Cc1ccccc1OC. The molecule has 2 aromatic rings. The van der Waals surface area contributed by atoms with Crippen LogP contribution in [-0.4, -0.2) is 35.5 Å². The Labute approximate surface area is 161 Å². The van der Waals surface area contributed by atoms with Crippen molar-refractivity contribution in [2.75, 3.05) is 18.6 Å². The molecule has 0 saturated carbocycles. The van der Waals surface area contributed by atoms with Crippen LogP contribution in [0, 0.1) is 0 Å². The smallest absolute Gasteiger partial charge is 0.233 e. The van der Waals surface area contributed by atoms with E-state index in [-0.39, 0.29) is 11.9 Å². The first-order valence-electron chi connectivity index (χ1n) is 8.79. The normalized spacial score (nSPS) is 11.6. The molecule has 26 heavy (non-hydrogen) atoms. The molecule has 0 N–H and O–H groups in total. The first-order valence-corrected chi connectivity index (χ1v) is 9.95. The van der Waals surface area contributed by atoms with Gasteiger partial charge >= 0.3 is 0 Å². The Morgan fingerprint density at radius 1 is 1.19 bits per heavy atom. The van der Waals surface area contributed by atoms with Crippen molar-refractivity contribution in [1.29, 1.82) is 0 Å². The van der Waals surface area contributed by atoms with Gasteiger partial charge in [0.05, 0.1) is 12.9 Å². The molecule has 4 heteroatoms. The van der Waals surface area contributed by atoms with E-state index in [4.69, 9.17) is 4.74 Å². The minimum atomic E-state index is 0.0725. The third-order valence-electron chi connectivity index (χ3n) is 4.22. The summed E-state index contributed by atoms with van der Waals surface area (Å²) in [4.78, 5) is 14.8. The fourth-order valence-corrected chi connectivity index (χ4v) is 3.51. The quantitative estimate of drug-likeness (QED) is 0.454. The van der Waals surface area contributed by atoms with Crippen LogP contribution < -0.4 is 4.74 Å². The van der Waals surface area contributed by atoms with E-state index in [1.807, 2.05) is 47.4 Å². The summed E-state index contributed by atoms with van der Waals surface area (Å²) in [6.45, 7) is 6.44. The summed E-state index contributed by atoms with van der Waals surface area (Å²) in [6.07, 6.45) is 2.59. The lowest BCUT2D eigenvalue weighted by molar-refractivity contribution is -0.131. The number of carbonyl (C=O) groups is 1. The molecule has 0 aromatic heterocycles. The molecule has 0 aliphatic rings. The first-order chi connectivity index (χ1) is 12.7. The van der Waals surface area contributed by atoms with Crippen molar-refractivity contribution in [2.45, 2.75) is 25.9 Å². The average Bonchev–Trinajstić information content (AvgIpc) is 2.67. The highest BCUT2D eigenvalue weighted by Gasteiger charge is 2.21. The van der Waals surface area contributed by atoms with Gasteiger partial charge in [0.25, 0.3) is 0 Å². The van der Waals surface area contributed by atoms with Crippen molar-refractivity contribution >= 4 is 17.7 Å². The van der Waals surface area contributed by atoms with Crippen molar-refractivity contribution in [3.05, 3.63) is 78.4 Å². The molecule has 0 heterocycles. The second-order valence-electron chi connectivity index (χ2n) is 6.18. The number of nitrogens with zero attached hydrogens (tertiary/aromatic N) is 1. The van der Waals surface area contributed by atoms with Crippen molar-refractivity contribution in [1.82, 2.24) is 4.90 Å². The van der Waals surface area contributed by atoms with E-state index >= 15 is 0 Å². The maximum Gasteiger partial charge on any atom is 0.233 e. The summed E-state index contributed by atoms with van der Waals surface area (Å²) in [7, 11) is 1.68. The maximum absolute atomic E-state index is 12.8. The number of thioether (sulfide) groups is 1. The van der Waals surface area contributed by atoms with Crippen molar-refractivity contribution in [3.8, 4) is 5.75 Å². The number of para-hydroxylation sites is 1. The van der Waals surface area contributed by atoms with Gasteiger partial charge in [0, 0.05) is 18.3 Å². The molecule has 138 valence electrons. The van der Waals surface area contributed by atoms with Crippen LogP contribution in [0.3, 0.4) is 0 Å². The van der Waals surface area contributed by atoms with Crippen LogP contribution in [0.5, 0.6) is 5.75 Å². The highest BCUT2D eigenvalue weighted by atomic mass is 32.2. The van der Waals surface area contributed by atoms with E-state index in [1.165, 1.54) is 0 Å². The molecular formula is C22H27NO2S. The Kier molecular flexibility index (Phi) is 8.29. The fraction of sp³-hybridized carbons (Fsp3) is 0.318. The molecule has 3 nitrogen and oxygen atoms in total. The van der Waals surface area contributed by atoms with E-state index in [2.05, 4.69) is 31.7 Å². The van der Waals surface area contributed by atoms with Crippen LogP contribution in [0.4, 0.5) is 0 Å². The predicted molar refractivity (Wildman–Crippen MR) is 111 cm³/mol. The van der Waals surface area contributed by atoms with E-state index in [1.54, 1.807) is 18.9 Å². The Morgan fingerprint density at radius 3 is 2.58 bits per heavy atom. The van der Waals surface area contributed by atoms with Crippen LogP contribution in [0.25, 0.3) is 0 Å². The molecule has 1 atom stereocenters. The van der Waals surface area contributed by atoms with Gasteiger partial charge in [-0.25, -0.2) is 0 Å². The molecule has 0 aliphatic carbocycles. The predicted octanol–water partition coefficient (Wildman–Crippen LogP) is 4.57. The van der Waals surface area contributed by atoms with E-state index in [0.717, 1.165) is 29.1 Å². The van der Waals surface area contributed by atoms with Crippen LogP contribution in [-0.2, 0) is 17.8 Å². The zero-order valence-corrected chi connectivity index (χ0v) is 16.4. The average molecular weight is 370 g/mol. The minimum Gasteiger partial charge on any atom is -0.496 e. The minimum absolute atomic E-state index is 0.0725. The molecule has 2 rings (SSSR count). The number of ether oxygens (including phenoxy) is 1. The van der Waals surface area contributed by atoms with Crippen LogP contribution in [0.2, 0.25) is 0 Å². The summed E-state index contributed by atoms with van der Waals surface area (Å²) in [5.41, 5.74) is 2.26. The second kappa shape index (κ2) is 10.7. The highest BCUT2D eigenvalue weighted by molar-refractivity contribution is 8.00. The van der Waals surface area contributed by atoms with Gasteiger partial charge in [-0.15, -0.1) is 18.3 Å². The van der Waals surface area contributed by atoms with Gasteiger partial charge in [-0.2, -0.15) is 0 Å². The van der Waals surface area contributed by atoms with E-state index < -0.39 is 0 Å². The Balaban J connectivity index is 2.15. The zero-order chi connectivity index (χ0) is 18.8. The molecule has 0 saturated heterocycles. The molecule has 1 unspecified atom stereocenters. The number of hydrogen-bond donors (Lipinski definition) is 0. The number of carbonyl (C=O) groups excluding carboxylic acids is 1. The molecule has 2 aromatic carbocycles. The second-order valence-corrected chi connectivity index (χ2v) is 7.21. The maximum atomic E-state index is 12.8. The zero-order valence-electron chi connectivity index (χ0n) is 15.6. The third-order valence-corrected chi connectivity index (χ3v) is 5.14. The van der Waals surface area contributed by atoms with Crippen molar-refractivity contribution < 1.29 is 9.53 Å². The highest BCUT2D eigenvalue weighted by Crippen LogP contribution is 2.22. The van der Waals surface area contributed by atoms with Gasteiger partial charge in [-0.3, -0.25) is 4.79 Å². The molecule has 0 spiro atoms. The lowest BCUT2D eigenvalue weighted by Crippen LogP contribution is -2.40. The summed E-state index contributed by atoms with van der Waals surface area (Å²) in [5, 5.41) is 0. The number of hydrogen-bond acceptors (Lipinski definition) is 3. The molecular weight excluding hydrogens is 342 g/mol. The fourth-order valence-electron chi connectivity index (χ4n) is 2.88. The van der Waals surface area contributed by atoms with Gasteiger partial charge in [-0.1, -0.05) is 54.6 Å². The Hall–Kier alpha value is -2.20. The first kappa shape index (κ1) is 20.1. The van der Waals surface area contributed by atoms with Crippen LogP contribution in [0.1, 0.15) is 18.1 Å². The van der Waals surface area contributed by atoms with Gasteiger partial charge in [0.1, 0.15) is 5.75 Å². The number of benzene rings is 2. The number of methoxy groups -OCH3 is 1. The Morgan fingerprint density at radius 2 is 1.88 bits per heavy atom. The van der Waals surface area contributed by atoms with Crippen LogP contribution in [0.15, 0.2) is 67.3 Å². The van der Waals surface area contributed by atoms with Gasteiger partial charge in [-0.05, 0) is 30.5 Å². The Bertz CT molecular complexity index is 702. The van der Waals surface area contributed by atoms with Crippen molar-refractivity contribution in [2.24, 2.45) is 0 Å². The molecule has 0 fully saturated rings. The molecule has 1 amide bonds. The largest absolute Gasteiger partial charge is 0.496 e. The number of amides is 1. The summed E-state index contributed by atoms with van der Waals surface area (Å²) in [6, 6.07) is 18.2.